The molecule has 1 aromatic carbocycles. The molecule has 0 spiro atoms. The predicted octanol–water partition coefficient (Wildman–Crippen LogP) is 0.897. The quantitative estimate of drug-likeness (QED) is 0.812. The van der Waals surface area contributed by atoms with Crippen LogP contribution in [0.15, 0.2) is 18.2 Å². The van der Waals surface area contributed by atoms with Crippen LogP contribution in [0.3, 0.4) is 0 Å². The molecule has 1 N–H and O–H groups in total. The number of nitrogens with one attached hydrogen (secondary N) is 1. The summed E-state index contributed by atoms with van der Waals surface area (Å²) in [4.78, 5) is 13.0. The van der Waals surface area contributed by atoms with E-state index in [1.54, 1.807) is 0 Å². The van der Waals surface area contributed by atoms with Crippen molar-refractivity contribution in [3.8, 4) is 0 Å². The minimum absolute atomic E-state index is 0.0880. The lowest BCUT2D eigenvalue weighted by Gasteiger charge is -2.27. The maximum absolute atomic E-state index is 13.4. The topological polar surface area (TPSA) is 32.3 Å². The van der Waals surface area contributed by atoms with Crippen molar-refractivity contribution in [2.45, 2.75) is 6.54 Å². The molecule has 1 saturated heterocycles. The van der Waals surface area contributed by atoms with Gasteiger partial charge in [-0.3, -0.25) is 4.79 Å². The SMILES string of the molecule is O=C1CNCCN1Cc1cccc(F)c1F. The highest BCUT2D eigenvalue weighted by Gasteiger charge is 2.19. The molecule has 0 radical (unpaired) electrons. The summed E-state index contributed by atoms with van der Waals surface area (Å²) >= 11 is 0. The highest BCUT2D eigenvalue weighted by atomic mass is 19.2. The van der Waals surface area contributed by atoms with Crippen molar-refractivity contribution in [3.63, 3.8) is 0 Å². The van der Waals surface area contributed by atoms with Crippen LogP contribution in [0.4, 0.5) is 8.78 Å². The number of rotatable bonds is 2. The molecule has 0 saturated carbocycles. The Balaban J connectivity index is 2.14. The first-order chi connectivity index (χ1) is 7.68. The van der Waals surface area contributed by atoms with Crippen LogP contribution in [0.5, 0.6) is 0 Å². The summed E-state index contributed by atoms with van der Waals surface area (Å²) in [5.41, 5.74) is 0.218. The average molecular weight is 226 g/mol. The van der Waals surface area contributed by atoms with E-state index in [4.69, 9.17) is 0 Å². The van der Waals surface area contributed by atoms with E-state index in [1.807, 2.05) is 0 Å². The lowest BCUT2D eigenvalue weighted by atomic mass is 10.2. The Bertz CT molecular complexity index is 409. The number of halogens is 2. The fourth-order valence-electron chi connectivity index (χ4n) is 1.69. The summed E-state index contributed by atoms with van der Waals surface area (Å²) in [7, 11) is 0. The molecule has 2 rings (SSSR count). The third kappa shape index (κ3) is 2.19. The fraction of sp³-hybridized carbons (Fsp3) is 0.364. The lowest BCUT2D eigenvalue weighted by Crippen LogP contribution is -2.47. The van der Waals surface area contributed by atoms with Gasteiger partial charge in [-0.05, 0) is 6.07 Å². The Morgan fingerprint density at radius 3 is 2.94 bits per heavy atom. The van der Waals surface area contributed by atoms with Crippen LogP contribution in [0.1, 0.15) is 5.56 Å². The monoisotopic (exact) mass is 226 g/mol. The van der Waals surface area contributed by atoms with Crippen LogP contribution in [-0.2, 0) is 11.3 Å². The summed E-state index contributed by atoms with van der Waals surface area (Å²) in [6, 6.07) is 4.01. The molecule has 5 heteroatoms. The summed E-state index contributed by atoms with van der Waals surface area (Å²) in [5, 5.41) is 2.92. The minimum atomic E-state index is -0.875. The van der Waals surface area contributed by atoms with Crippen molar-refractivity contribution in [1.82, 2.24) is 10.2 Å². The normalized spacial score (nSPS) is 16.6. The second-order valence-electron chi connectivity index (χ2n) is 3.71. The van der Waals surface area contributed by atoms with Crippen molar-refractivity contribution >= 4 is 5.91 Å². The number of hydrogen-bond acceptors (Lipinski definition) is 2. The number of nitrogens with zero attached hydrogens (tertiary/aromatic N) is 1. The van der Waals surface area contributed by atoms with Gasteiger partial charge in [0.1, 0.15) is 0 Å². The molecule has 0 aromatic heterocycles. The van der Waals surface area contributed by atoms with E-state index >= 15 is 0 Å². The van der Waals surface area contributed by atoms with Gasteiger partial charge >= 0.3 is 0 Å². The van der Waals surface area contributed by atoms with E-state index in [0.29, 0.717) is 13.1 Å². The van der Waals surface area contributed by atoms with E-state index in [0.717, 1.165) is 6.07 Å². The van der Waals surface area contributed by atoms with Crippen LogP contribution in [-0.4, -0.2) is 30.4 Å². The maximum Gasteiger partial charge on any atom is 0.236 e. The van der Waals surface area contributed by atoms with Gasteiger partial charge in [0.05, 0.1) is 6.54 Å². The number of amides is 1. The van der Waals surface area contributed by atoms with Gasteiger partial charge < -0.3 is 10.2 Å². The molecular formula is C11H12F2N2O. The molecule has 16 heavy (non-hydrogen) atoms. The zero-order chi connectivity index (χ0) is 11.5. The van der Waals surface area contributed by atoms with Gasteiger partial charge in [-0.1, -0.05) is 12.1 Å². The number of carbonyl (C=O) groups is 1. The van der Waals surface area contributed by atoms with Gasteiger partial charge in [-0.15, -0.1) is 0 Å². The molecule has 1 amide bonds. The molecular weight excluding hydrogens is 214 g/mol. The summed E-state index contributed by atoms with van der Waals surface area (Å²) in [5.74, 6) is -1.83. The van der Waals surface area contributed by atoms with Gasteiger partial charge in [0, 0.05) is 25.2 Å². The molecule has 0 atom stereocenters. The highest BCUT2D eigenvalue weighted by molar-refractivity contribution is 5.78. The number of benzene rings is 1. The van der Waals surface area contributed by atoms with Gasteiger partial charge in [-0.2, -0.15) is 0 Å². The van der Waals surface area contributed by atoms with E-state index in [9.17, 15) is 13.6 Å². The van der Waals surface area contributed by atoms with Crippen LogP contribution in [0.2, 0.25) is 0 Å². The molecule has 1 fully saturated rings. The zero-order valence-corrected chi connectivity index (χ0v) is 8.67. The van der Waals surface area contributed by atoms with Crippen LogP contribution in [0.25, 0.3) is 0 Å². The Kier molecular flexibility index (Phi) is 3.14. The number of carbonyl (C=O) groups excluding carboxylic acids is 1. The van der Waals surface area contributed by atoms with Crippen LogP contribution >= 0.6 is 0 Å². The molecule has 0 bridgehead atoms. The highest BCUT2D eigenvalue weighted by Crippen LogP contribution is 2.14. The van der Waals surface area contributed by atoms with Crippen molar-refractivity contribution in [3.05, 3.63) is 35.4 Å². The van der Waals surface area contributed by atoms with Gasteiger partial charge in [0.25, 0.3) is 0 Å². The summed E-state index contributed by atoms with van der Waals surface area (Å²) in [6.07, 6.45) is 0. The predicted molar refractivity (Wildman–Crippen MR) is 54.6 cm³/mol. The van der Waals surface area contributed by atoms with E-state index in [1.165, 1.54) is 17.0 Å². The van der Waals surface area contributed by atoms with Gasteiger partial charge in [0.15, 0.2) is 11.6 Å². The third-order valence-electron chi connectivity index (χ3n) is 2.58. The lowest BCUT2D eigenvalue weighted by molar-refractivity contribution is -0.132. The fourth-order valence-corrected chi connectivity index (χ4v) is 1.69. The number of piperazine rings is 1. The molecule has 0 unspecified atom stereocenters. The van der Waals surface area contributed by atoms with Crippen molar-refractivity contribution < 1.29 is 13.6 Å². The maximum atomic E-state index is 13.4. The first kappa shape index (κ1) is 11.0. The van der Waals surface area contributed by atoms with E-state index in [-0.39, 0.29) is 24.6 Å². The first-order valence-corrected chi connectivity index (χ1v) is 5.10. The van der Waals surface area contributed by atoms with Crippen molar-refractivity contribution in [2.75, 3.05) is 19.6 Å². The second-order valence-corrected chi connectivity index (χ2v) is 3.71. The summed E-state index contributed by atoms with van der Waals surface area (Å²) in [6.45, 7) is 1.60. The molecule has 0 aliphatic carbocycles. The molecule has 86 valence electrons. The average Bonchev–Trinajstić information content (AvgIpc) is 2.28. The number of hydrogen-bond donors (Lipinski definition) is 1. The van der Waals surface area contributed by atoms with Crippen molar-refractivity contribution in [1.29, 1.82) is 0 Å². The van der Waals surface area contributed by atoms with Gasteiger partial charge in [-0.25, -0.2) is 8.78 Å². The van der Waals surface area contributed by atoms with E-state index in [2.05, 4.69) is 5.32 Å². The first-order valence-electron chi connectivity index (χ1n) is 5.10. The molecule has 1 aliphatic heterocycles. The summed E-state index contributed by atoms with van der Waals surface area (Å²) < 4.78 is 26.3. The second kappa shape index (κ2) is 4.57. The standard InChI is InChI=1S/C11H12F2N2O/c12-9-3-1-2-8(11(9)13)7-15-5-4-14-6-10(15)16/h1-3,14H,4-7H2. The molecule has 1 aromatic rings. The smallest absolute Gasteiger partial charge is 0.236 e. The molecule has 1 aliphatic rings. The van der Waals surface area contributed by atoms with Crippen LogP contribution in [0, 0.1) is 11.6 Å². The third-order valence-corrected chi connectivity index (χ3v) is 2.58. The Labute approximate surface area is 92.1 Å². The zero-order valence-electron chi connectivity index (χ0n) is 8.67. The van der Waals surface area contributed by atoms with Crippen molar-refractivity contribution in [2.24, 2.45) is 0 Å². The molecule has 1 heterocycles. The Morgan fingerprint density at radius 2 is 2.19 bits per heavy atom. The Hall–Kier alpha value is -1.49. The van der Waals surface area contributed by atoms with Gasteiger partial charge in [0.2, 0.25) is 5.91 Å². The Morgan fingerprint density at radius 1 is 1.38 bits per heavy atom. The molecule has 3 nitrogen and oxygen atoms in total. The van der Waals surface area contributed by atoms with Crippen LogP contribution < -0.4 is 5.32 Å². The largest absolute Gasteiger partial charge is 0.336 e. The van der Waals surface area contributed by atoms with E-state index < -0.39 is 11.6 Å². The minimum Gasteiger partial charge on any atom is -0.336 e.